The van der Waals surface area contributed by atoms with E-state index in [2.05, 4.69) is 52.3 Å². The monoisotopic (exact) mass is 399 g/mol. The second-order valence-electron chi connectivity index (χ2n) is 7.56. The maximum atomic E-state index is 5.57. The Bertz CT molecular complexity index is 1160. The Hall–Kier alpha value is -3.54. The summed E-state index contributed by atoms with van der Waals surface area (Å²) in [5.41, 5.74) is 5.12. The largest absolute Gasteiger partial charge is 0.496 e. The van der Waals surface area contributed by atoms with Crippen molar-refractivity contribution in [3.8, 4) is 16.9 Å². The minimum absolute atomic E-state index is 0.828. The van der Waals surface area contributed by atoms with Crippen LogP contribution in [0.25, 0.3) is 16.8 Å². The predicted molar refractivity (Wildman–Crippen MR) is 121 cm³/mol. The van der Waals surface area contributed by atoms with Crippen LogP contribution in [0.4, 0.5) is 11.5 Å². The molecule has 0 saturated carbocycles. The molecular weight excluding hydrogens is 374 g/mol. The van der Waals surface area contributed by atoms with Gasteiger partial charge in [0.05, 0.1) is 18.9 Å². The molecule has 0 radical (unpaired) electrons. The van der Waals surface area contributed by atoms with Crippen molar-refractivity contribution in [2.75, 3.05) is 43.1 Å². The van der Waals surface area contributed by atoms with Gasteiger partial charge in [0.15, 0.2) is 5.65 Å². The number of ether oxygens (including phenoxy) is 1. The molecule has 3 heterocycles. The summed E-state index contributed by atoms with van der Waals surface area (Å²) in [5, 5.41) is 4.71. The van der Waals surface area contributed by atoms with E-state index in [0.717, 1.165) is 60.2 Å². The van der Waals surface area contributed by atoms with E-state index in [1.54, 1.807) is 7.11 Å². The van der Waals surface area contributed by atoms with Crippen molar-refractivity contribution >= 4 is 17.2 Å². The highest BCUT2D eigenvalue weighted by molar-refractivity contribution is 5.82. The molecule has 2 aromatic carbocycles. The summed E-state index contributed by atoms with van der Waals surface area (Å²) < 4.78 is 7.53. The fourth-order valence-electron chi connectivity index (χ4n) is 4.18. The zero-order chi connectivity index (χ0) is 20.5. The first-order valence-electron chi connectivity index (χ1n) is 10.3. The van der Waals surface area contributed by atoms with Gasteiger partial charge in [-0.1, -0.05) is 36.4 Å². The van der Waals surface area contributed by atoms with Crippen LogP contribution in [0.3, 0.4) is 0 Å². The second kappa shape index (κ2) is 7.71. The maximum Gasteiger partial charge on any atom is 0.165 e. The summed E-state index contributed by atoms with van der Waals surface area (Å²) in [4.78, 5) is 9.65. The highest BCUT2D eigenvalue weighted by Crippen LogP contribution is 2.33. The topological polar surface area (TPSA) is 45.9 Å². The number of anilines is 2. The van der Waals surface area contributed by atoms with Gasteiger partial charge in [0.25, 0.3) is 0 Å². The van der Waals surface area contributed by atoms with E-state index in [4.69, 9.17) is 14.8 Å². The molecule has 6 heteroatoms. The number of hydrogen-bond donors (Lipinski definition) is 0. The van der Waals surface area contributed by atoms with Crippen LogP contribution < -0.4 is 14.5 Å². The fraction of sp³-hybridized carbons (Fsp3) is 0.250. The minimum Gasteiger partial charge on any atom is -0.496 e. The molecule has 0 aliphatic carbocycles. The van der Waals surface area contributed by atoms with Crippen LogP contribution in [0.2, 0.25) is 0 Å². The van der Waals surface area contributed by atoms with Gasteiger partial charge in [0, 0.05) is 49.2 Å². The standard InChI is InChI=1S/C24H25N5O/c1-18-16-23(28-14-12-27(13-15-28)19-8-4-3-5-9-19)29-24(26-18)21(17-25-29)20-10-6-7-11-22(20)30-2/h3-11,16-17H,12-15H2,1-2H3. The second-order valence-corrected chi connectivity index (χ2v) is 7.56. The number of aryl methyl sites for hydroxylation is 1. The molecule has 30 heavy (non-hydrogen) atoms. The number of nitrogens with zero attached hydrogens (tertiary/aromatic N) is 5. The third-order valence-corrected chi connectivity index (χ3v) is 5.70. The summed E-state index contributed by atoms with van der Waals surface area (Å²) in [7, 11) is 1.70. The van der Waals surface area contributed by atoms with Crippen molar-refractivity contribution in [3.05, 3.63) is 72.6 Å². The van der Waals surface area contributed by atoms with Gasteiger partial charge in [0.1, 0.15) is 11.6 Å². The van der Waals surface area contributed by atoms with Crippen LogP contribution in [0.15, 0.2) is 66.9 Å². The average molecular weight is 399 g/mol. The van der Waals surface area contributed by atoms with Crippen molar-refractivity contribution in [2.24, 2.45) is 0 Å². The molecular formula is C24H25N5O. The van der Waals surface area contributed by atoms with E-state index in [0.29, 0.717) is 0 Å². The number of fused-ring (bicyclic) bond motifs is 1. The van der Waals surface area contributed by atoms with Gasteiger partial charge in [-0.05, 0) is 25.1 Å². The van der Waals surface area contributed by atoms with Crippen molar-refractivity contribution in [3.63, 3.8) is 0 Å². The Labute approximate surface area is 176 Å². The van der Waals surface area contributed by atoms with E-state index in [1.807, 2.05) is 35.8 Å². The van der Waals surface area contributed by atoms with Crippen LogP contribution in [0.5, 0.6) is 5.75 Å². The smallest absolute Gasteiger partial charge is 0.165 e. The number of aromatic nitrogens is 3. The molecule has 152 valence electrons. The normalized spacial score (nSPS) is 14.3. The first-order chi connectivity index (χ1) is 14.7. The summed E-state index contributed by atoms with van der Waals surface area (Å²) in [5.74, 6) is 1.92. The van der Waals surface area contributed by atoms with E-state index in [9.17, 15) is 0 Å². The molecule has 0 atom stereocenters. The number of hydrogen-bond acceptors (Lipinski definition) is 5. The number of methoxy groups -OCH3 is 1. The first-order valence-corrected chi connectivity index (χ1v) is 10.3. The van der Waals surface area contributed by atoms with Crippen molar-refractivity contribution in [2.45, 2.75) is 6.92 Å². The van der Waals surface area contributed by atoms with Gasteiger partial charge in [-0.3, -0.25) is 0 Å². The Morgan fingerprint density at radius 2 is 1.53 bits per heavy atom. The Balaban J connectivity index is 1.48. The van der Waals surface area contributed by atoms with Gasteiger partial charge in [-0.25, -0.2) is 4.98 Å². The highest BCUT2D eigenvalue weighted by Gasteiger charge is 2.22. The van der Waals surface area contributed by atoms with Crippen molar-refractivity contribution in [1.82, 2.24) is 14.6 Å². The quantitative estimate of drug-likeness (QED) is 0.518. The molecule has 1 aliphatic heterocycles. The molecule has 1 aliphatic rings. The third-order valence-electron chi connectivity index (χ3n) is 5.70. The van der Waals surface area contributed by atoms with Gasteiger partial charge < -0.3 is 14.5 Å². The number of para-hydroxylation sites is 2. The predicted octanol–water partition coefficient (Wildman–Crippen LogP) is 4.04. The molecule has 5 rings (SSSR count). The molecule has 0 N–H and O–H groups in total. The molecule has 6 nitrogen and oxygen atoms in total. The third kappa shape index (κ3) is 3.24. The zero-order valence-electron chi connectivity index (χ0n) is 17.3. The fourth-order valence-corrected chi connectivity index (χ4v) is 4.18. The summed E-state index contributed by atoms with van der Waals surface area (Å²) in [6, 6.07) is 20.8. The van der Waals surface area contributed by atoms with Crippen LogP contribution in [-0.4, -0.2) is 47.9 Å². The van der Waals surface area contributed by atoms with Crippen LogP contribution in [-0.2, 0) is 0 Å². The lowest BCUT2D eigenvalue weighted by molar-refractivity contribution is 0.416. The van der Waals surface area contributed by atoms with Crippen LogP contribution in [0, 0.1) is 6.92 Å². The van der Waals surface area contributed by atoms with Gasteiger partial charge in [0.2, 0.25) is 0 Å². The van der Waals surface area contributed by atoms with Gasteiger partial charge >= 0.3 is 0 Å². The lowest BCUT2D eigenvalue weighted by Gasteiger charge is -2.37. The number of piperazine rings is 1. The Morgan fingerprint density at radius 3 is 2.30 bits per heavy atom. The molecule has 0 bridgehead atoms. The van der Waals surface area contributed by atoms with E-state index >= 15 is 0 Å². The van der Waals surface area contributed by atoms with Crippen LogP contribution in [0.1, 0.15) is 5.69 Å². The minimum atomic E-state index is 0.828. The molecule has 0 amide bonds. The van der Waals surface area contributed by atoms with Gasteiger partial charge in [-0.2, -0.15) is 9.61 Å². The molecule has 1 saturated heterocycles. The van der Waals surface area contributed by atoms with E-state index in [-0.39, 0.29) is 0 Å². The number of rotatable bonds is 4. The Kier molecular flexibility index (Phi) is 4.75. The maximum absolute atomic E-state index is 5.57. The van der Waals surface area contributed by atoms with Crippen molar-refractivity contribution < 1.29 is 4.74 Å². The highest BCUT2D eigenvalue weighted by atomic mass is 16.5. The molecule has 0 spiro atoms. The number of benzene rings is 2. The summed E-state index contributed by atoms with van der Waals surface area (Å²) in [6.07, 6.45) is 1.89. The summed E-state index contributed by atoms with van der Waals surface area (Å²) >= 11 is 0. The van der Waals surface area contributed by atoms with E-state index < -0.39 is 0 Å². The molecule has 1 fully saturated rings. The zero-order valence-corrected chi connectivity index (χ0v) is 17.3. The molecule has 4 aromatic rings. The molecule has 2 aromatic heterocycles. The lowest BCUT2D eigenvalue weighted by atomic mass is 10.1. The van der Waals surface area contributed by atoms with Gasteiger partial charge in [-0.15, -0.1) is 0 Å². The average Bonchev–Trinajstić information content (AvgIpc) is 3.22. The Morgan fingerprint density at radius 1 is 0.833 bits per heavy atom. The SMILES string of the molecule is COc1ccccc1-c1cnn2c(N3CCN(c4ccccc4)CC3)cc(C)nc12. The lowest BCUT2D eigenvalue weighted by Crippen LogP contribution is -2.47. The van der Waals surface area contributed by atoms with E-state index in [1.165, 1.54) is 5.69 Å². The van der Waals surface area contributed by atoms with Crippen LogP contribution >= 0.6 is 0 Å². The van der Waals surface area contributed by atoms with Crippen molar-refractivity contribution in [1.29, 1.82) is 0 Å². The summed E-state index contributed by atoms with van der Waals surface area (Å²) in [6.45, 7) is 5.89. The first kappa shape index (κ1) is 18.5. The molecule has 0 unspecified atom stereocenters.